The van der Waals surface area contributed by atoms with Gasteiger partial charge in [-0.3, -0.25) is 14.4 Å². The highest BCUT2D eigenvalue weighted by molar-refractivity contribution is 5.71. The van der Waals surface area contributed by atoms with Crippen LogP contribution in [0.1, 0.15) is 303 Å². The zero-order chi connectivity index (χ0) is 45.8. The zero-order valence-electron chi connectivity index (χ0n) is 42.4. The SMILES string of the molecule is CCCCC/C=C\C/C=C\CCCCCCCCCCCC(=O)OC[C@@H](COC(=O)CCCCCCCCCCCCCCC)OC(=O)CCCCCCCCCCCCCCC. The molecule has 0 aromatic heterocycles. The molecule has 1 atom stereocenters. The van der Waals surface area contributed by atoms with Gasteiger partial charge in [0.1, 0.15) is 13.2 Å². The third-order valence-corrected chi connectivity index (χ3v) is 12.5. The number of rotatable bonds is 51. The molecule has 370 valence electrons. The monoisotopic (exact) mass is 887 g/mol. The Morgan fingerprint density at radius 1 is 0.317 bits per heavy atom. The number of hydrogen-bond donors (Lipinski definition) is 0. The van der Waals surface area contributed by atoms with Crippen molar-refractivity contribution < 1.29 is 28.6 Å². The molecule has 0 bridgehead atoms. The Balaban J connectivity index is 4.30. The molecule has 0 fully saturated rings. The van der Waals surface area contributed by atoms with E-state index in [2.05, 4.69) is 45.1 Å². The number of hydrogen-bond acceptors (Lipinski definition) is 6. The Labute approximate surface area is 392 Å². The largest absolute Gasteiger partial charge is 0.462 e. The van der Waals surface area contributed by atoms with Crippen molar-refractivity contribution in [2.24, 2.45) is 0 Å². The van der Waals surface area contributed by atoms with E-state index < -0.39 is 6.10 Å². The Morgan fingerprint density at radius 3 is 0.905 bits per heavy atom. The Hall–Kier alpha value is -2.11. The van der Waals surface area contributed by atoms with E-state index in [0.717, 1.165) is 64.2 Å². The molecule has 0 saturated carbocycles. The van der Waals surface area contributed by atoms with Gasteiger partial charge in [0, 0.05) is 19.3 Å². The molecule has 0 aliphatic heterocycles. The minimum Gasteiger partial charge on any atom is -0.462 e. The molecular weight excluding hydrogens is 781 g/mol. The van der Waals surface area contributed by atoms with Crippen LogP contribution in [-0.2, 0) is 28.6 Å². The van der Waals surface area contributed by atoms with Crippen molar-refractivity contribution >= 4 is 17.9 Å². The highest BCUT2D eigenvalue weighted by atomic mass is 16.6. The maximum absolute atomic E-state index is 12.8. The molecule has 0 N–H and O–H groups in total. The molecule has 0 aliphatic rings. The predicted molar refractivity (Wildman–Crippen MR) is 270 cm³/mol. The number of ether oxygens (including phenoxy) is 3. The van der Waals surface area contributed by atoms with Crippen LogP contribution < -0.4 is 0 Å². The first-order valence-electron chi connectivity index (χ1n) is 27.8. The number of esters is 3. The molecule has 0 radical (unpaired) electrons. The normalized spacial score (nSPS) is 12.1. The minimum atomic E-state index is -0.766. The summed E-state index contributed by atoms with van der Waals surface area (Å²) in [7, 11) is 0. The first-order valence-corrected chi connectivity index (χ1v) is 27.8. The van der Waals surface area contributed by atoms with Crippen molar-refractivity contribution in [3.05, 3.63) is 24.3 Å². The van der Waals surface area contributed by atoms with Crippen LogP contribution in [-0.4, -0.2) is 37.2 Å². The average molecular weight is 887 g/mol. The van der Waals surface area contributed by atoms with Crippen LogP contribution in [0.4, 0.5) is 0 Å². The highest BCUT2D eigenvalue weighted by Crippen LogP contribution is 2.16. The van der Waals surface area contributed by atoms with Gasteiger partial charge < -0.3 is 14.2 Å². The van der Waals surface area contributed by atoms with Crippen LogP contribution in [0.15, 0.2) is 24.3 Å². The van der Waals surface area contributed by atoms with Crippen molar-refractivity contribution in [2.45, 2.75) is 309 Å². The lowest BCUT2D eigenvalue weighted by atomic mass is 10.0. The highest BCUT2D eigenvalue weighted by Gasteiger charge is 2.19. The van der Waals surface area contributed by atoms with E-state index >= 15 is 0 Å². The molecule has 63 heavy (non-hydrogen) atoms. The topological polar surface area (TPSA) is 78.9 Å². The zero-order valence-corrected chi connectivity index (χ0v) is 42.4. The van der Waals surface area contributed by atoms with E-state index in [4.69, 9.17) is 14.2 Å². The smallest absolute Gasteiger partial charge is 0.306 e. The standard InChI is InChI=1S/C57H106O6/c1-4-7-10-13-16-19-22-25-26-27-28-29-30-33-35-38-41-44-47-50-56(59)62-53-54(63-57(60)51-48-45-42-39-36-32-24-21-18-15-12-9-6-3)52-61-55(58)49-46-43-40-37-34-31-23-20-17-14-11-8-5-2/h16,19,25-26,54H,4-15,17-18,20-24,27-53H2,1-3H3/b19-16-,26-25-/t54-/m1/s1. The molecule has 0 aromatic rings. The molecule has 6 heteroatoms. The van der Waals surface area contributed by atoms with Crippen LogP contribution >= 0.6 is 0 Å². The fourth-order valence-corrected chi connectivity index (χ4v) is 8.24. The minimum absolute atomic E-state index is 0.0670. The summed E-state index contributed by atoms with van der Waals surface area (Å²) < 4.78 is 16.8. The second-order valence-electron chi connectivity index (χ2n) is 18.9. The average Bonchev–Trinajstić information content (AvgIpc) is 3.28. The molecular formula is C57H106O6. The fraction of sp³-hybridized carbons (Fsp3) is 0.877. The third kappa shape index (κ3) is 50.7. The van der Waals surface area contributed by atoms with E-state index in [9.17, 15) is 14.4 Å². The number of allylic oxidation sites excluding steroid dienone is 4. The lowest BCUT2D eigenvalue weighted by molar-refractivity contribution is -0.167. The number of unbranched alkanes of at least 4 members (excludes halogenated alkanes) is 36. The van der Waals surface area contributed by atoms with E-state index in [0.29, 0.717) is 19.3 Å². The van der Waals surface area contributed by atoms with Gasteiger partial charge in [-0.15, -0.1) is 0 Å². The molecule has 0 amide bonds. The van der Waals surface area contributed by atoms with Crippen molar-refractivity contribution in [2.75, 3.05) is 13.2 Å². The molecule has 0 aromatic carbocycles. The Bertz CT molecular complexity index is 1020. The Morgan fingerprint density at radius 2 is 0.571 bits per heavy atom. The van der Waals surface area contributed by atoms with Crippen LogP contribution in [0.5, 0.6) is 0 Å². The first kappa shape index (κ1) is 60.9. The van der Waals surface area contributed by atoms with Crippen molar-refractivity contribution in [3.63, 3.8) is 0 Å². The van der Waals surface area contributed by atoms with Crippen LogP contribution in [0, 0.1) is 0 Å². The lowest BCUT2D eigenvalue weighted by Crippen LogP contribution is -2.30. The summed E-state index contributed by atoms with van der Waals surface area (Å²) in [4.78, 5) is 38.0. The molecule has 0 unspecified atom stereocenters. The van der Waals surface area contributed by atoms with Crippen molar-refractivity contribution in [3.8, 4) is 0 Å². The maximum Gasteiger partial charge on any atom is 0.306 e. The summed E-state index contributed by atoms with van der Waals surface area (Å²) in [5.74, 6) is -0.853. The summed E-state index contributed by atoms with van der Waals surface area (Å²) in [6, 6.07) is 0. The quantitative estimate of drug-likeness (QED) is 0.0262. The first-order chi connectivity index (χ1) is 31.0. The molecule has 0 rings (SSSR count). The summed E-state index contributed by atoms with van der Waals surface area (Å²) >= 11 is 0. The van der Waals surface area contributed by atoms with Gasteiger partial charge in [0.15, 0.2) is 6.10 Å². The maximum atomic E-state index is 12.8. The molecule has 0 saturated heterocycles. The Kier molecular flexibility index (Phi) is 50.8. The summed E-state index contributed by atoms with van der Waals surface area (Å²) in [5, 5.41) is 0. The fourth-order valence-electron chi connectivity index (χ4n) is 8.24. The second kappa shape index (κ2) is 52.5. The van der Waals surface area contributed by atoms with Gasteiger partial charge in [-0.2, -0.15) is 0 Å². The predicted octanol–water partition coefficient (Wildman–Crippen LogP) is 18.3. The van der Waals surface area contributed by atoms with Gasteiger partial charge in [0.2, 0.25) is 0 Å². The van der Waals surface area contributed by atoms with Crippen LogP contribution in [0.2, 0.25) is 0 Å². The summed E-state index contributed by atoms with van der Waals surface area (Å²) in [5.41, 5.74) is 0. The molecule has 0 spiro atoms. The van der Waals surface area contributed by atoms with Crippen LogP contribution in [0.3, 0.4) is 0 Å². The summed E-state index contributed by atoms with van der Waals surface area (Å²) in [6.45, 7) is 6.65. The second-order valence-corrected chi connectivity index (χ2v) is 18.9. The van der Waals surface area contributed by atoms with E-state index in [-0.39, 0.29) is 31.1 Å². The van der Waals surface area contributed by atoms with E-state index in [1.54, 1.807) is 0 Å². The molecule has 0 heterocycles. The van der Waals surface area contributed by atoms with Gasteiger partial charge >= 0.3 is 17.9 Å². The lowest BCUT2D eigenvalue weighted by Gasteiger charge is -2.18. The van der Waals surface area contributed by atoms with Crippen molar-refractivity contribution in [1.29, 1.82) is 0 Å². The third-order valence-electron chi connectivity index (χ3n) is 12.5. The van der Waals surface area contributed by atoms with Gasteiger partial charge in [-0.1, -0.05) is 257 Å². The van der Waals surface area contributed by atoms with E-state index in [1.165, 1.54) is 199 Å². The van der Waals surface area contributed by atoms with Gasteiger partial charge in [0.05, 0.1) is 0 Å². The molecule has 6 nitrogen and oxygen atoms in total. The van der Waals surface area contributed by atoms with Gasteiger partial charge in [-0.05, 0) is 51.4 Å². The number of carbonyl (C=O) groups excluding carboxylic acids is 3. The van der Waals surface area contributed by atoms with Gasteiger partial charge in [-0.25, -0.2) is 0 Å². The molecule has 0 aliphatic carbocycles. The summed E-state index contributed by atoms with van der Waals surface area (Å²) in [6.07, 6.45) is 60.1. The van der Waals surface area contributed by atoms with Crippen LogP contribution in [0.25, 0.3) is 0 Å². The van der Waals surface area contributed by atoms with Gasteiger partial charge in [0.25, 0.3) is 0 Å². The van der Waals surface area contributed by atoms with E-state index in [1.807, 2.05) is 0 Å². The number of carbonyl (C=O) groups is 3. The van der Waals surface area contributed by atoms with Crippen molar-refractivity contribution in [1.82, 2.24) is 0 Å².